The molecular weight excluding hydrogens is 296 g/mol. The van der Waals surface area contributed by atoms with Gasteiger partial charge in [0.05, 0.1) is 17.3 Å². The maximum atomic E-state index is 14.2. The van der Waals surface area contributed by atoms with Gasteiger partial charge in [-0.2, -0.15) is 5.10 Å². The van der Waals surface area contributed by atoms with E-state index in [0.717, 1.165) is 30.7 Å². The quantitative estimate of drug-likeness (QED) is 0.819. The summed E-state index contributed by atoms with van der Waals surface area (Å²) in [6, 6.07) is 1.71. The lowest BCUT2D eigenvalue weighted by atomic mass is 10.0. The second-order valence-corrected chi connectivity index (χ2v) is 5.21. The molecule has 0 saturated carbocycles. The zero-order chi connectivity index (χ0) is 15.4. The molecule has 0 fully saturated rings. The highest BCUT2D eigenvalue weighted by Crippen LogP contribution is 2.28. The summed E-state index contributed by atoms with van der Waals surface area (Å²) in [7, 11) is 0. The van der Waals surface area contributed by atoms with Crippen molar-refractivity contribution >= 4 is 11.6 Å². The first-order valence-corrected chi connectivity index (χ1v) is 7.34. The Bertz CT molecular complexity index is 613. The molecule has 1 aromatic heterocycles. The summed E-state index contributed by atoms with van der Waals surface area (Å²) in [5.74, 6) is -1.15. The van der Waals surface area contributed by atoms with E-state index in [-0.39, 0.29) is 10.6 Å². The van der Waals surface area contributed by atoms with E-state index in [0.29, 0.717) is 6.54 Å². The van der Waals surface area contributed by atoms with E-state index in [1.165, 1.54) is 0 Å². The molecule has 0 aliphatic carbocycles. The Hall–Kier alpha value is -1.46. The maximum Gasteiger partial charge on any atom is 0.142 e. The lowest BCUT2D eigenvalue weighted by Gasteiger charge is -2.18. The first-order chi connectivity index (χ1) is 10.1. The third kappa shape index (κ3) is 3.60. The standard InChI is InChI=1S/C15H18ClF2N3/c1-3-5-19-15(10-8-20-21(4-2)9-10)11-6-14(18)12(16)7-13(11)17/h6-9,15,19H,3-5H2,1-2H3. The molecule has 0 spiro atoms. The molecule has 114 valence electrons. The van der Waals surface area contributed by atoms with Crippen LogP contribution in [0.15, 0.2) is 24.5 Å². The zero-order valence-electron chi connectivity index (χ0n) is 12.0. The van der Waals surface area contributed by atoms with Gasteiger partial charge in [-0.25, -0.2) is 8.78 Å². The van der Waals surface area contributed by atoms with Crippen LogP contribution in [0.5, 0.6) is 0 Å². The number of rotatable bonds is 6. The summed E-state index contributed by atoms with van der Waals surface area (Å²) in [6.07, 6.45) is 4.39. The largest absolute Gasteiger partial charge is 0.306 e. The van der Waals surface area contributed by atoms with E-state index in [1.807, 2.05) is 20.0 Å². The second-order valence-electron chi connectivity index (χ2n) is 4.80. The zero-order valence-corrected chi connectivity index (χ0v) is 12.8. The normalized spacial score (nSPS) is 12.6. The van der Waals surface area contributed by atoms with Gasteiger partial charge in [0, 0.05) is 23.9 Å². The van der Waals surface area contributed by atoms with Crippen molar-refractivity contribution in [2.45, 2.75) is 32.9 Å². The molecule has 0 radical (unpaired) electrons. The van der Waals surface area contributed by atoms with Crippen molar-refractivity contribution in [3.63, 3.8) is 0 Å². The topological polar surface area (TPSA) is 29.9 Å². The van der Waals surface area contributed by atoms with Crippen LogP contribution < -0.4 is 5.32 Å². The third-order valence-electron chi connectivity index (χ3n) is 3.26. The summed E-state index contributed by atoms with van der Waals surface area (Å²) >= 11 is 5.62. The number of aryl methyl sites for hydroxylation is 1. The molecule has 1 unspecified atom stereocenters. The molecular formula is C15H18ClF2N3. The van der Waals surface area contributed by atoms with E-state index in [2.05, 4.69) is 10.4 Å². The van der Waals surface area contributed by atoms with E-state index >= 15 is 0 Å². The van der Waals surface area contributed by atoms with Crippen LogP contribution in [0.3, 0.4) is 0 Å². The minimum Gasteiger partial charge on any atom is -0.306 e. The number of halogens is 3. The van der Waals surface area contributed by atoms with Gasteiger partial charge >= 0.3 is 0 Å². The Morgan fingerprint density at radius 3 is 2.67 bits per heavy atom. The molecule has 1 atom stereocenters. The molecule has 1 heterocycles. The van der Waals surface area contributed by atoms with Gasteiger partial charge < -0.3 is 5.32 Å². The van der Waals surface area contributed by atoms with Crippen molar-refractivity contribution in [2.75, 3.05) is 6.54 Å². The molecule has 21 heavy (non-hydrogen) atoms. The lowest BCUT2D eigenvalue weighted by Crippen LogP contribution is -2.24. The van der Waals surface area contributed by atoms with Crippen LogP contribution in [0, 0.1) is 11.6 Å². The Labute approximate surface area is 127 Å². The molecule has 1 aromatic carbocycles. The maximum absolute atomic E-state index is 14.2. The molecule has 0 amide bonds. The SMILES string of the molecule is CCCNC(c1cnn(CC)c1)c1cc(F)c(Cl)cc1F. The van der Waals surface area contributed by atoms with Gasteiger partial charge in [-0.05, 0) is 32.0 Å². The fourth-order valence-electron chi connectivity index (χ4n) is 2.16. The van der Waals surface area contributed by atoms with Crippen LogP contribution in [0.1, 0.15) is 37.4 Å². The number of nitrogens with one attached hydrogen (secondary N) is 1. The number of benzene rings is 1. The van der Waals surface area contributed by atoms with Crippen LogP contribution >= 0.6 is 11.6 Å². The first kappa shape index (κ1) is 15.9. The molecule has 3 nitrogen and oxygen atoms in total. The van der Waals surface area contributed by atoms with Crippen molar-refractivity contribution in [3.05, 3.63) is 52.3 Å². The van der Waals surface area contributed by atoms with Crippen LogP contribution in [-0.2, 0) is 6.54 Å². The fraction of sp³-hybridized carbons (Fsp3) is 0.400. The van der Waals surface area contributed by atoms with Gasteiger partial charge in [0.15, 0.2) is 0 Å². The Morgan fingerprint density at radius 2 is 2.05 bits per heavy atom. The smallest absolute Gasteiger partial charge is 0.142 e. The number of hydrogen-bond acceptors (Lipinski definition) is 2. The fourth-order valence-corrected chi connectivity index (χ4v) is 2.31. The van der Waals surface area contributed by atoms with E-state index in [1.54, 1.807) is 10.9 Å². The Morgan fingerprint density at radius 1 is 1.29 bits per heavy atom. The summed E-state index contributed by atoms with van der Waals surface area (Å²) in [5, 5.41) is 7.20. The molecule has 2 aromatic rings. The summed E-state index contributed by atoms with van der Waals surface area (Å²) < 4.78 is 29.6. The average molecular weight is 314 g/mol. The minimum absolute atomic E-state index is 0.213. The second kappa shape index (κ2) is 7.00. The van der Waals surface area contributed by atoms with Crippen molar-refractivity contribution in [2.24, 2.45) is 0 Å². The molecule has 0 aliphatic rings. The van der Waals surface area contributed by atoms with Crippen LogP contribution in [0.2, 0.25) is 5.02 Å². The van der Waals surface area contributed by atoms with Crippen molar-refractivity contribution in [1.29, 1.82) is 0 Å². The van der Waals surface area contributed by atoms with Gasteiger partial charge in [0.1, 0.15) is 11.6 Å². The van der Waals surface area contributed by atoms with Gasteiger partial charge in [0.2, 0.25) is 0 Å². The van der Waals surface area contributed by atoms with E-state index in [4.69, 9.17) is 11.6 Å². The third-order valence-corrected chi connectivity index (χ3v) is 3.55. The molecule has 6 heteroatoms. The van der Waals surface area contributed by atoms with Crippen molar-refractivity contribution in [3.8, 4) is 0 Å². The molecule has 0 saturated heterocycles. The number of hydrogen-bond donors (Lipinski definition) is 1. The predicted octanol–water partition coefficient (Wildman–Crippen LogP) is 3.92. The predicted molar refractivity (Wildman–Crippen MR) is 79.4 cm³/mol. The first-order valence-electron chi connectivity index (χ1n) is 6.97. The minimum atomic E-state index is -0.626. The molecule has 0 aliphatic heterocycles. The molecule has 1 N–H and O–H groups in total. The van der Waals surface area contributed by atoms with Crippen molar-refractivity contribution < 1.29 is 8.78 Å². The highest BCUT2D eigenvalue weighted by atomic mass is 35.5. The summed E-state index contributed by atoms with van der Waals surface area (Å²) in [5.41, 5.74) is 1.03. The van der Waals surface area contributed by atoms with Crippen LogP contribution in [0.25, 0.3) is 0 Å². The average Bonchev–Trinajstić information content (AvgIpc) is 2.93. The van der Waals surface area contributed by atoms with Crippen molar-refractivity contribution in [1.82, 2.24) is 15.1 Å². The lowest BCUT2D eigenvalue weighted by molar-refractivity contribution is 0.535. The van der Waals surface area contributed by atoms with E-state index < -0.39 is 17.7 Å². The van der Waals surface area contributed by atoms with Gasteiger partial charge in [-0.15, -0.1) is 0 Å². The molecule has 0 bridgehead atoms. The van der Waals surface area contributed by atoms with E-state index in [9.17, 15) is 8.78 Å². The molecule has 2 rings (SSSR count). The Kier molecular flexibility index (Phi) is 5.31. The van der Waals surface area contributed by atoms with Gasteiger partial charge in [0.25, 0.3) is 0 Å². The Balaban J connectivity index is 2.42. The number of aromatic nitrogens is 2. The summed E-state index contributed by atoms with van der Waals surface area (Å²) in [4.78, 5) is 0. The highest BCUT2D eigenvalue weighted by Gasteiger charge is 2.21. The number of nitrogens with zero attached hydrogens (tertiary/aromatic N) is 2. The highest BCUT2D eigenvalue weighted by molar-refractivity contribution is 6.30. The van der Waals surface area contributed by atoms with Crippen LogP contribution in [-0.4, -0.2) is 16.3 Å². The summed E-state index contributed by atoms with van der Waals surface area (Å²) in [6.45, 7) is 5.38. The van der Waals surface area contributed by atoms with Gasteiger partial charge in [-0.1, -0.05) is 18.5 Å². The van der Waals surface area contributed by atoms with Crippen LogP contribution in [0.4, 0.5) is 8.78 Å². The van der Waals surface area contributed by atoms with Gasteiger partial charge in [-0.3, -0.25) is 4.68 Å². The monoisotopic (exact) mass is 313 g/mol.